The molecular weight excluding hydrogens is 416 g/mol. The van der Waals surface area contributed by atoms with Crippen molar-refractivity contribution in [1.29, 1.82) is 0 Å². The van der Waals surface area contributed by atoms with Crippen molar-refractivity contribution in [3.63, 3.8) is 0 Å². The quantitative estimate of drug-likeness (QED) is 0.649. The Morgan fingerprint density at radius 1 is 1.30 bits per heavy atom. The van der Waals surface area contributed by atoms with Gasteiger partial charge in [0.1, 0.15) is 5.69 Å². The highest BCUT2D eigenvalue weighted by Crippen LogP contribution is 2.44. The van der Waals surface area contributed by atoms with Crippen molar-refractivity contribution in [2.75, 3.05) is 7.05 Å². The second-order valence-corrected chi connectivity index (χ2v) is 11.4. The molecule has 0 aromatic carbocycles. The number of nitrogens with zero attached hydrogens (tertiary/aromatic N) is 5. The van der Waals surface area contributed by atoms with Crippen LogP contribution >= 0.6 is 0 Å². The Morgan fingerprint density at radius 3 is 2.67 bits per heavy atom. The van der Waals surface area contributed by atoms with Crippen molar-refractivity contribution in [3.05, 3.63) is 46.5 Å². The lowest BCUT2D eigenvalue weighted by atomic mass is 9.68. The number of carbonyl (C=O) groups is 1. The lowest BCUT2D eigenvalue weighted by Gasteiger charge is -2.46. The van der Waals surface area contributed by atoms with Gasteiger partial charge in [-0.15, -0.1) is 0 Å². The van der Waals surface area contributed by atoms with E-state index in [-0.39, 0.29) is 34.4 Å². The van der Waals surface area contributed by atoms with E-state index in [4.69, 9.17) is 4.98 Å². The maximum absolute atomic E-state index is 13.0. The van der Waals surface area contributed by atoms with Crippen molar-refractivity contribution < 1.29 is 4.79 Å². The van der Waals surface area contributed by atoms with Gasteiger partial charge in [0.05, 0.1) is 18.0 Å². The van der Waals surface area contributed by atoms with Crippen LogP contribution in [0, 0.1) is 10.8 Å². The zero-order valence-corrected chi connectivity index (χ0v) is 20.8. The van der Waals surface area contributed by atoms with Gasteiger partial charge in [-0.05, 0) is 42.2 Å². The summed E-state index contributed by atoms with van der Waals surface area (Å²) in [5.41, 5.74) is 3.06. The molecule has 1 saturated carbocycles. The minimum absolute atomic E-state index is 0.00603. The van der Waals surface area contributed by atoms with Crippen molar-refractivity contribution in [2.45, 2.75) is 72.4 Å². The molecular formula is C25H36N6O2. The van der Waals surface area contributed by atoms with Gasteiger partial charge in [-0.2, -0.15) is 0 Å². The Labute approximate surface area is 195 Å². The molecule has 1 aliphatic carbocycles. The van der Waals surface area contributed by atoms with E-state index in [1.54, 1.807) is 17.8 Å². The first-order valence-electron chi connectivity index (χ1n) is 11.7. The van der Waals surface area contributed by atoms with Crippen LogP contribution in [0.2, 0.25) is 0 Å². The molecule has 0 spiro atoms. The van der Waals surface area contributed by atoms with Gasteiger partial charge in [0, 0.05) is 38.3 Å². The molecule has 1 amide bonds. The summed E-state index contributed by atoms with van der Waals surface area (Å²) in [4.78, 5) is 39.7. The van der Waals surface area contributed by atoms with Crippen molar-refractivity contribution in [1.82, 2.24) is 29.0 Å². The number of amides is 1. The van der Waals surface area contributed by atoms with E-state index < -0.39 is 0 Å². The number of aromatic amines is 1. The molecule has 33 heavy (non-hydrogen) atoms. The molecule has 1 aliphatic rings. The smallest absolute Gasteiger partial charge is 0.330 e. The van der Waals surface area contributed by atoms with E-state index >= 15 is 0 Å². The summed E-state index contributed by atoms with van der Waals surface area (Å²) >= 11 is 0. The molecule has 2 unspecified atom stereocenters. The minimum Gasteiger partial charge on any atom is -0.341 e. The normalized spacial score (nSPS) is 20.8. The zero-order valence-electron chi connectivity index (χ0n) is 20.8. The van der Waals surface area contributed by atoms with E-state index in [1.165, 1.54) is 6.33 Å². The molecule has 4 rings (SSSR count). The highest BCUT2D eigenvalue weighted by molar-refractivity contribution is 5.92. The van der Waals surface area contributed by atoms with Crippen LogP contribution in [0.25, 0.3) is 11.2 Å². The van der Waals surface area contributed by atoms with Crippen LogP contribution in [0.5, 0.6) is 0 Å². The number of aromatic nitrogens is 5. The van der Waals surface area contributed by atoms with Gasteiger partial charge in [0.15, 0.2) is 5.65 Å². The number of nitrogens with one attached hydrogen (secondary N) is 1. The van der Waals surface area contributed by atoms with Crippen molar-refractivity contribution in [2.24, 2.45) is 17.9 Å². The predicted molar refractivity (Wildman–Crippen MR) is 129 cm³/mol. The summed E-state index contributed by atoms with van der Waals surface area (Å²) < 4.78 is 3.48. The highest BCUT2D eigenvalue weighted by atomic mass is 16.2. The first kappa shape index (κ1) is 23.3. The third kappa shape index (κ3) is 4.35. The number of hydrogen-bond acceptors (Lipinski definition) is 4. The highest BCUT2D eigenvalue weighted by Gasteiger charge is 2.41. The summed E-state index contributed by atoms with van der Waals surface area (Å²) in [6, 6.07) is 4.18. The molecule has 3 aromatic heterocycles. The fourth-order valence-corrected chi connectivity index (χ4v) is 5.22. The molecule has 0 aliphatic heterocycles. The number of fused-ring (bicyclic) bond motifs is 1. The Bertz CT molecular complexity index is 1210. The molecule has 2 atom stereocenters. The van der Waals surface area contributed by atoms with Crippen LogP contribution in [0.1, 0.15) is 76.0 Å². The van der Waals surface area contributed by atoms with Gasteiger partial charge in [-0.1, -0.05) is 34.6 Å². The molecule has 8 nitrogen and oxygen atoms in total. The number of aryl methyl sites for hydroxylation is 1. The number of pyridine rings is 1. The van der Waals surface area contributed by atoms with Gasteiger partial charge >= 0.3 is 5.69 Å². The molecule has 0 saturated heterocycles. The summed E-state index contributed by atoms with van der Waals surface area (Å²) in [7, 11) is 3.68. The summed E-state index contributed by atoms with van der Waals surface area (Å²) in [5, 5.41) is 0. The minimum atomic E-state index is -0.0451. The number of carbonyl (C=O) groups excluding carboxylic acids is 1. The Kier molecular flexibility index (Phi) is 5.75. The third-order valence-corrected chi connectivity index (χ3v) is 7.12. The Balaban J connectivity index is 1.65. The van der Waals surface area contributed by atoms with Crippen molar-refractivity contribution in [3.8, 4) is 0 Å². The van der Waals surface area contributed by atoms with E-state index in [9.17, 15) is 9.59 Å². The van der Waals surface area contributed by atoms with Crippen LogP contribution in [0.15, 0.2) is 29.5 Å². The largest absolute Gasteiger partial charge is 0.341 e. The van der Waals surface area contributed by atoms with E-state index in [0.717, 1.165) is 36.1 Å². The lowest BCUT2D eigenvalue weighted by molar-refractivity contribution is 0.0392. The zero-order chi connectivity index (χ0) is 24.1. The summed E-state index contributed by atoms with van der Waals surface area (Å²) in [6.45, 7) is 11.5. The summed E-state index contributed by atoms with van der Waals surface area (Å²) in [6.07, 6.45) is 5.94. The van der Waals surface area contributed by atoms with E-state index in [2.05, 4.69) is 50.7 Å². The van der Waals surface area contributed by atoms with Gasteiger partial charge < -0.3 is 9.88 Å². The van der Waals surface area contributed by atoms with Crippen LogP contribution in [-0.2, 0) is 13.6 Å². The molecule has 178 valence electrons. The van der Waals surface area contributed by atoms with E-state index in [1.807, 2.05) is 22.6 Å². The standard InChI is InChI=1S/C25H36N6O2/c1-24(2,3)14-31-19-9-8-17(28-21(19)30(7)23(31)33)16-10-11-25(4,5)20(12-16)29(6)22(32)18-13-26-15-27-18/h8-9,13,15-16,20H,10-12,14H2,1-7H3,(H,26,27). The monoisotopic (exact) mass is 452 g/mol. The second-order valence-electron chi connectivity index (χ2n) is 11.4. The van der Waals surface area contributed by atoms with Gasteiger partial charge in [0.25, 0.3) is 5.91 Å². The second kappa shape index (κ2) is 8.15. The molecule has 8 heteroatoms. The van der Waals surface area contributed by atoms with Crippen LogP contribution in [0.3, 0.4) is 0 Å². The van der Waals surface area contributed by atoms with Crippen LogP contribution in [0.4, 0.5) is 0 Å². The van der Waals surface area contributed by atoms with E-state index in [0.29, 0.717) is 12.2 Å². The number of imidazole rings is 2. The van der Waals surface area contributed by atoms with Crippen LogP contribution in [-0.4, -0.2) is 48.0 Å². The Hall–Kier alpha value is -2.90. The average molecular weight is 453 g/mol. The molecule has 3 aromatic rings. The fraction of sp³-hybridized carbons (Fsp3) is 0.600. The lowest BCUT2D eigenvalue weighted by Crippen LogP contribution is -2.49. The summed E-state index contributed by atoms with van der Waals surface area (Å²) in [5.74, 6) is 0.182. The Morgan fingerprint density at radius 2 is 2.03 bits per heavy atom. The van der Waals surface area contributed by atoms with Gasteiger partial charge in [-0.3, -0.25) is 13.9 Å². The first-order chi connectivity index (χ1) is 15.4. The van der Waals surface area contributed by atoms with Gasteiger partial charge in [0.2, 0.25) is 0 Å². The van der Waals surface area contributed by atoms with Gasteiger partial charge in [-0.25, -0.2) is 14.8 Å². The molecule has 0 radical (unpaired) electrons. The molecule has 1 N–H and O–H groups in total. The number of hydrogen-bond donors (Lipinski definition) is 1. The average Bonchev–Trinajstić information content (AvgIpc) is 3.36. The predicted octanol–water partition coefficient (Wildman–Crippen LogP) is 3.94. The maximum atomic E-state index is 13.0. The maximum Gasteiger partial charge on any atom is 0.330 e. The number of rotatable bonds is 4. The molecule has 0 bridgehead atoms. The fourth-order valence-electron chi connectivity index (χ4n) is 5.22. The van der Waals surface area contributed by atoms with Crippen LogP contribution < -0.4 is 5.69 Å². The third-order valence-electron chi connectivity index (χ3n) is 7.12. The topological polar surface area (TPSA) is 88.8 Å². The molecule has 3 heterocycles. The number of H-pyrrole nitrogens is 1. The first-order valence-corrected chi connectivity index (χ1v) is 11.7. The van der Waals surface area contributed by atoms with Crippen molar-refractivity contribution >= 4 is 17.1 Å². The SMILES string of the molecule is CN(C(=O)c1cnc[nH]1)C1CC(c2ccc3c(n2)n(C)c(=O)n3CC(C)(C)C)CCC1(C)C. The molecule has 1 fully saturated rings.